The van der Waals surface area contributed by atoms with Gasteiger partial charge in [0.25, 0.3) is 0 Å². The normalized spacial score (nSPS) is 12.1. The van der Waals surface area contributed by atoms with Crippen molar-refractivity contribution in [2.24, 2.45) is 0 Å². The van der Waals surface area contributed by atoms with Crippen LogP contribution in [-0.2, 0) is 11.2 Å². The number of hydrogen-bond donors (Lipinski definition) is 0. The third-order valence-corrected chi connectivity index (χ3v) is 6.47. The number of aromatic nitrogens is 1. The predicted molar refractivity (Wildman–Crippen MR) is 120 cm³/mol. The summed E-state index contributed by atoms with van der Waals surface area (Å²) in [6, 6.07) is 19.6. The smallest absolute Gasteiger partial charge is 0.223 e. The highest BCUT2D eigenvalue weighted by Gasteiger charge is 2.21. The van der Waals surface area contributed by atoms with E-state index >= 15 is 0 Å². The van der Waals surface area contributed by atoms with Crippen molar-refractivity contribution < 1.29 is 13.9 Å². The second kappa shape index (κ2) is 8.71. The Labute approximate surface area is 179 Å². The van der Waals surface area contributed by atoms with Crippen molar-refractivity contribution in [2.45, 2.75) is 25.8 Å². The van der Waals surface area contributed by atoms with Gasteiger partial charge in [0.1, 0.15) is 22.3 Å². The van der Waals surface area contributed by atoms with E-state index in [2.05, 4.69) is 11.1 Å². The third-order valence-electron chi connectivity index (χ3n) is 5.26. The number of hydrogen-bond acceptors (Lipinski definition) is 5. The fourth-order valence-electron chi connectivity index (χ4n) is 3.28. The number of benzene rings is 2. The number of thiazole rings is 1. The summed E-state index contributed by atoms with van der Waals surface area (Å²) in [6.07, 6.45) is 0.952. The minimum atomic E-state index is -0.0682. The van der Waals surface area contributed by atoms with Gasteiger partial charge in [0, 0.05) is 25.5 Å². The highest BCUT2D eigenvalue weighted by Crippen LogP contribution is 2.29. The third kappa shape index (κ3) is 4.24. The number of nitrogens with zero attached hydrogens (tertiary/aromatic N) is 2. The Balaban J connectivity index is 1.37. The van der Waals surface area contributed by atoms with E-state index in [1.807, 2.05) is 68.6 Å². The van der Waals surface area contributed by atoms with Gasteiger partial charge < -0.3 is 14.1 Å². The van der Waals surface area contributed by atoms with Crippen LogP contribution < -0.4 is 4.74 Å². The molecule has 0 saturated heterocycles. The lowest BCUT2D eigenvalue weighted by atomic mass is 10.2. The molecule has 2 aromatic carbocycles. The summed E-state index contributed by atoms with van der Waals surface area (Å²) in [5.41, 5.74) is 1.96. The van der Waals surface area contributed by atoms with E-state index in [0.717, 1.165) is 38.1 Å². The van der Waals surface area contributed by atoms with Crippen LogP contribution in [0.15, 0.2) is 65.1 Å². The Morgan fingerprint density at radius 3 is 2.63 bits per heavy atom. The standard InChI is InChI=1S/C24H24N2O3S/c1-16(24-25-20-6-4-5-7-22(20)30-24)26(2)23(27)15-13-19-12-14-21(29-19)17-8-10-18(28-3)11-9-17/h4-12,14,16H,13,15H2,1-3H3. The Bertz CT molecular complexity index is 1110. The molecule has 2 heterocycles. The summed E-state index contributed by atoms with van der Waals surface area (Å²) in [5.74, 6) is 2.47. The highest BCUT2D eigenvalue weighted by molar-refractivity contribution is 7.18. The number of methoxy groups -OCH3 is 1. The number of carbonyl (C=O) groups is 1. The first kappa shape index (κ1) is 20.2. The van der Waals surface area contributed by atoms with Crippen LogP contribution in [0.4, 0.5) is 0 Å². The fraction of sp³-hybridized carbons (Fsp3) is 0.250. The van der Waals surface area contributed by atoms with E-state index < -0.39 is 0 Å². The van der Waals surface area contributed by atoms with E-state index in [4.69, 9.17) is 9.15 Å². The van der Waals surface area contributed by atoms with Crippen molar-refractivity contribution in [3.8, 4) is 17.1 Å². The lowest BCUT2D eigenvalue weighted by molar-refractivity contribution is -0.131. The average molecular weight is 421 g/mol. The zero-order valence-electron chi connectivity index (χ0n) is 17.3. The Morgan fingerprint density at radius 1 is 1.13 bits per heavy atom. The van der Waals surface area contributed by atoms with Crippen LogP contribution in [0.25, 0.3) is 21.5 Å². The molecule has 4 rings (SSSR count). The molecule has 154 valence electrons. The van der Waals surface area contributed by atoms with Gasteiger partial charge in [0.15, 0.2) is 0 Å². The maximum Gasteiger partial charge on any atom is 0.223 e. The largest absolute Gasteiger partial charge is 0.497 e. The number of fused-ring (bicyclic) bond motifs is 1. The molecule has 5 nitrogen and oxygen atoms in total. The molecule has 0 N–H and O–H groups in total. The first-order valence-electron chi connectivity index (χ1n) is 9.89. The molecule has 0 spiro atoms. The maximum atomic E-state index is 12.7. The van der Waals surface area contributed by atoms with Crippen molar-refractivity contribution in [3.63, 3.8) is 0 Å². The molecule has 1 unspecified atom stereocenters. The molecule has 4 aromatic rings. The van der Waals surface area contributed by atoms with E-state index in [9.17, 15) is 4.79 Å². The van der Waals surface area contributed by atoms with E-state index in [0.29, 0.717) is 12.8 Å². The minimum absolute atomic E-state index is 0.0682. The molecule has 2 aromatic heterocycles. The van der Waals surface area contributed by atoms with Gasteiger partial charge in [-0.15, -0.1) is 11.3 Å². The summed E-state index contributed by atoms with van der Waals surface area (Å²) in [4.78, 5) is 19.2. The van der Waals surface area contributed by atoms with Gasteiger partial charge in [0.05, 0.1) is 23.4 Å². The number of rotatable bonds is 7. The van der Waals surface area contributed by atoms with Crippen LogP contribution in [0.5, 0.6) is 5.75 Å². The molecule has 1 atom stereocenters. The second-order valence-electron chi connectivity index (χ2n) is 7.19. The molecule has 0 aliphatic heterocycles. The highest BCUT2D eigenvalue weighted by atomic mass is 32.1. The van der Waals surface area contributed by atoms with Crippen molar-refractivity contribution in [2.75, 3.05) is 14.2 Å². The number of amides is 1. The zero-order chi connectivity index (χ0) is 21.1. The van der Waals surface area contributed by atoms with Crippen LogP contribution in [0.1, 0.15) is 30.2 Å². The average Bonchev–Trinajstić information content (AvgIpc) is 3.43. The number of ether oxygens (including phenoxy) is 1. The summed E-state index contributed by atoms with van der Waals surface area (Å²) in [6.45, 7) is 2.02. The molecule has 0 bridgehead atoms. The van der Waals surface area contributed by atoms with Crippen LogP contribution in [-0.4, -0.2) is 29.9 Å². The number of carbonyl (C=O) groups excluding carboxylic acids is 1. The molecule has 6 heteroatoms. The van der Waals surface area contributed by atoms with Crippen LogP contribution in [0.2, 0.25) is 0 Å². The molecule has 0 aliphatic carbocycles. The second-order valence-corrected chi connectivity index (χ2v) is 8.26. The van der Waals surface area contributed by atoms with Gasteiger partial charge in [-0.2, -0.15) is 0 Å². The topological polar surface area (TPSA) is 55.6 Å². The Kier molecular flexibility index (Phi) is 5.86. The molecule has 0 fully saturated rings. The van der Waals surface area contributed by atoms with Gasteiger partial charge in [-0.3, -0.25) is 4.79 Å². The van der Waals surface area contributed by atoms with E-state index in [1.165, 1.54) is 0 Å². The monoisotopic (exact) mass is 420 g/mol. The number of aryl methyl sites for hydroxylation is 1. The van der Waals surface area contributed by atoms with Gasteiger partial charge in [-0.25, -0.2) is 4.98 Å². The van der Waals surface area contributed by atoms with Gasteiger partial charge >= 0.3 is 0 Å². The van der Waals surface area contributed by atoms with Gasteiger partial charge in [0.2, 0.25) is 5.91 Å². The van der Waals surface area contributed by atoms with Crippen molar-refractivity contribution >= 4 is 27.5 Å². The lowest BCUT2D eigenvalue weighted by Crippen LogP contribution is -2.29. The van der Waals surface area contributed by atoms with Gasteiger partial charge in [-0.05, 0) is 55.5 Å². The van der Waals surface area contributed by atoms with Crippen LogP contribution in [0.3, 0.4) is 0 Å². The maximum absolute atomic E-state index is 12.7. The minimum Gasteiger partial charge on any atom is -0.497 e. The molecule has 0 aliphatic rings. The van der Waals surface area contributed by atoms with Gasteiger partial charge in [-0.1, -0.05) is 12.1 Å². The Hall–Kier alpha value is -3.12. The van der Waals surface area contributed by atoms with Crippen LogP contribution in [0, 0.1) is 0 Å². The quantitative estimate of drug-likeness (QED) is 0.384. The first-order valence-corrected chi connectivity index (χ1v) is 10.7. The summed E-state index contributed by atoms with van der Waals surface area (Å²) >= 11 is 1.64. The first-order chi connectivity index (χ1) is 14.5. The van der Waals surface area contributed by atoms with Crippen molar-refractivity contribution in [1.82, 2.24) is 9.88 Å². The molecule has 1 amide bonds. The number of furan rings is 1. The molecule has 0 saturated carbocycles. The Morgan fingerprint density at radius 2 is 1.90 bits per heavy atom. The molecule has 0 radical (unpaired) electrons. The zero-order valence-corrected chi connectivity index (χ0v) is 18.1. The summed E-state index contributed by atoms with van der Waals surface area (Å²) in [7, 11) is 3.48. The molecular formula is C24H24N2O3S. The number of para-hydroxylation sites is 1. The lowest BCUT2D eigenvalue weighted by Gasteiger charge is -2.23. The molecular weight excluding hydrogens is 396 g/mol. The SMILES string of the molecule is COc1ccc(-c2ccc(CCC(=O)N(C)C(C)c3nc4ccccc4s3)o2)cc1. The summed E-state index contributed by atoms with van der Waals surface area (Å²) < 4.78 is 12.3. The van der Waals surface area contributed by atoms with Crippen molar-refractivity contribution in [3.05, 3.63) is 71.4 Å². The fourth-order valence-corrected chi connectivity index (χ4v) is 4.34. The predicted octanol–water partition coefficient (Wildman–Crippen LogP) is 5.72. The summed E-state index contributed by atoms with van der Waals surface area (Å²) in [5, 5.41) is 0.951. The van der Waals surface area contributed by atoms with E-state index in [1.54, 1.807) is 23.3 Å². The van der Waals surface area contributed by atoms with Crippen molar-refractivity contribution in [1.29, 1.82) is 0 Å². The molecule has 30 heavy (non-hydrogen) atoms. The van der Waals surface area contributed by atoms with Crippen LogP contribution >= 0.6 is 11.3 Å². The van der Waals surface area contributed by atoms with E-state index in [-0.39, 0.29) is 11.9 Å².